The van der Waals surface area contributed by atoms with Gasteiger partial charge in [-0.15, -0.1) is 0 Å². The number of urea groups is 1. The summed E-state index contributed by atoms with van der Waals surface area (Å²) in [7, 11) is 0. The molecule has 1 aromatic heterocycles. The van der Waals surface area contributed by atoms with Gasteiger partial charge in [-0.05, 0) is 6.07 Å². The Hall–Kier alpha value is -2.38. The molecule has 17 heavy (non-hydrogen) atoms. The van der Waals surface area contributed by atoms with Gasteiger partial charge in [0.2, 0.25) is 0 Å². The second-order valence-electron chi connectivity index (χ2n) is 3.10. The number of primary amides is 1. The van der Waals surface area contributed by atoms with Gasteiger partial charge in [-0.1, -0.05) is 0 Å². The first kappa shape index (κ1) is 12.7. The molecule has 92 valence electrons. The van der Waals surface area contributed by atoms with Crippen LogP contribution in [-0.2, 0) is 0 Å². The first-order valence-electron chi connectivity index (χ1n) is 4.74. The number of amides is 3. The Morgan fingerprint density at radius 2 is 2.00 bits per heavy atom. The quantitative estimate of drug-likeness (QED) is 0.515. The first-order chi connectivity index (χ1) is 8.02. The van der Waals surface area contributed by atoms with Crippen molar-refractivity contribution in [1.29, 1.82) is 0 Å². The second-order valence-corrected chi connectivity index (χ2v) is 3.10. The Morgan fingerprint density at radius 3 is 2.65 bits per heavy atom. The minimum atomic E-state index is -0.868. The normalized spacial score (nSPS) is 9.71. The number of rotatable bonds is 4. The Labute approximate surface area is 96.4 Å². The first-order valence-corrected chi connectivity index (χ1v) is 4.74. The number of anilines is 1. The van der Waals surface area contributed by atoms with Gasteiger partial charge in [0.15, 0.2) is 11.6 Å². The Balaban J connectivity index is 2.53. The predicted molar refractivity (Wildman–Crippen MR) is 58.5 cm³/mol. The molecule has 0 aromatic carbocycles. The number of nitrogens with zero attached hydrogens (tertiary/aromatic N) is 1. The lowest BCUT2D eigenvalue weighted by molar-refractivity contribution is 0.0950. The molecule has 7 nitrogen and oxygen atoms in total. The van der Waals surface area contributed by atoms with Gasteiger partial charge in [0, 0.05) is 19.3 Å². The number of nitrogens with one attached hydrogen (secondary N) is 2. The summed E-state index contributed by atoms with van der Waals surface area (Å²) in [6.45, 7) is 0.284. The van der Waals surface area contributed by atoms with E-state index < -0.39 is 17.8 Å². The van der Waals surface area contributed by atoms with Crippen molar-refractivity contribution in [3.05, 3.63) is 23.6 Å². The monoisotopic (exact) mass is 241 g/mol. The van der Waals surface area contributed by atoms with Crippen molar-refractivity contribution in [2.75, 3.05) is 18.8 Å². The molecular weight excluding hydrogens is 229 g/mol. The van der Waals surface area contributed by atoms with Crippen LogP contribution in [0.5, 0.6) is 0 Å². The van der Waals surface area contributed by atoms with Crippen molar-refractivity contribution >= 4 is 17.8 Å². The molecule has 1 heterocycles. The van der Waals surface area contributed by atoms with Crippen LogP contribution in [0.1, 0.15) is 10.4 Å². The van der Waals surface area contributed by atoms with Crippen LogP contribution in [0.15, 0.2) is 12.3 Å². The highest BCUT2D eigenvalue weighted by Gasteiger charge is 2.13. The number of carbonyl (C=O) groups is 2. The van der Waals surface area contributed by atoms with Gasteiger partial charge in [-0.3, -0.25) is 4.79 Å². The number of pyridine rings is 1. The largest absolute Gasteiger partial charge is 0.381 e. The van der Waals surface area contributed by atoms with E-state index in [0.717, 1.165) is 0 Å². The second kappa shape index (κ2) is 5.64. The molecule has 0 fully saturated rings. The van der Waals surface area contributed by atoms with Gasteiger partial charge >= 0.3 is 6.03 Å². The minimum absolute atomic E-state index is 0.128. The topological polar surface area (TPSA) is 123 Å². The van der Waals surface area contributed by atoms with Crippen LogP contribution in [0.25, 0.3) is 0 Å². The molecule has 0 saturated carbocycles. The summed E-state index contributed by atoms with van der Waals surface area (Å²) in [5.74, 6) is -1.84. The van der Waals surface area contributed by atoms with Crippen molar-refractivity contribution in [2.24, 2.45) is 5.73 Å². The maximum atomic E-state index is 13.4. The summed E-state index contributed by atoms with van der Waals surface area (Å²) in [5, 5.41) is 4.66. The van der Waals surface area contributed by atoms with Crippen LogP contribution >= 0.6 is 0 Å². The maximum Gasteiger partial charge on any atom is 0.312 e. The highest BCUT2D eigenvalue weighted by molar-refractivity contribution is 5.95. The van der Waals surface area contributed by atoms with E-state index in [9.17, 15) is 14.0 Å². The third kappa shape index (κ3) is 3.59. The average Bonchev–Trinajstić information content (AvgIpc) is 2.27. The number of carbonyl (C=O) groups excluding carboxylic acids is 2. The Morgan fingerprint density at radius 1 is 1.35 bits per heavy atom. The van der Waals surface area contributed by atoms with Crippen molar-refractivity contribution in [3.63, 3.8) is 0 Å². The number of nitrogens with two attached hydrogens (primary N) is 2. The molecule has 0 saturated heterocycles. The fraction of sp³-hybridized carbons (Fsp3) is 0.222. The summed E-state index contributed by atoms with van der Waals surface area (Å²) in [4.78, 5) is 25.3. The predicted octanol–water partition coefficient (Wildman–Crippen LogP) is -0.799. The summed E-state index contributed by atoms with van der Waals surface area (Å²) in [6, 6.07) is 0.515. The van der Waals surface area contributed by atoms with Crippen LogP contribution in [0.3, 0.4) is 0 Å². The lowest BCUT2D eigenvalue weighted by atomic mass is 10.2. The van der Waals surface area contributed by atoms with Crippen LogP contribution in [0, 0.1) is 5.82 Å². The standard InChI is InChI=1S/C9H12FN5O2/c10-6-5(1-2-13-7(6)11)8(16)14-3-4-15-9(12)17/h1-2H,3-4H2,(H2,11,13)(H,14,16)(H3,12,15,17). The molecule has 1 rings (SSSR count). The molecule has 0 spiro atoms. The van der Waals surface area contributed by atoms with E-state index in [1.165, 1.54) is 12.3 Å². The van der Waals surface area contributed by atoms with E-state index in [0.29, 0.717) is 0 Å². The lowest BCUT2D eigenvalue weighted by Crippen LogP contribution is -2.37. The van der Waals surface area contributed by atoms with E-state index in [1.807, 2.05) is 0 Å². The van der Waals surface area contributed by atoms with Crippen molar-refractivity contribution in [2.45, 2.75) is 0 Å². The molecule has 3 amide bonds. The summed E-state index contributed by atoms with van der Waals surface area (Å²) in [5.41, 5.74) is 9.83. The number of nitrogen functional groups attached to an aromatic ring is 1. The van der Waals surface area contributed by atoms with Crippen molar-refractivity contribution in [3.8, 4) is 0 Å². The molecule has 0 aliphatic carbocycles. The summed E-state index contributed by atoms with van der Waals surface area (Å²) >= 11 is 0. The van der Waals surface area contributed by atoms with Gasteiger partial charge in [0.1, 0.15) is 0 Å². The van der Waals surface area contributed by atoms with Gasteiger partial charge in [0.05, 0.1) is 5.56 Å². The molecular formula is C9H12FN5O2. The summed E-state index contributed by atoms with van der Waals surface area (Å²) in [6.07, 6.45) is 1.23. The van der Waals surface area contributed by atoms with Gasteiger partial charge in [0.25, 0.3) is 5.91 Å². The molecule has 0 unspecified atom stereocenters. The average molecular weight is 241 g/mol. The molecule has 0 aliphatic heterocycles. The third-order valence-corrected chi connectivity index (χ3v) is 1.87. The van der Waals surface area contributed by atoms with Crippen LogP contribution in [0.2, 0.25) is 0 Å². The van der Waals surface area contributed by atoms with Gasteiger partial charge in [-0.2, -0.15) is 0 Å². The smallest absolute Gasteiger partial charge is 0.312 e. The maximum absolute atomic E-state index is 13.4. The SMILES string of the molecule is NC(=O)NCCNC(=O)c1ccnc(N)c1F. The third-order valence-electron chi connectivity index (χ3n) is 1.87. The van der Waals surface area contributed by atoms with Crippen molar-refractivity contribution < 1.29 is 14.0 Å². The van der Waals surface area contributed by atoms with E-state index in [2.05, 4.69) is 15.6 Å². The van der Waals surface area contributed by atoms with E-state index in [-0.39, 0.29) is 24.5 Å². The van der Waals surface area contributed by atoms with Crippen molar-refractivity contribution in [1.82, 2.24) is 15.6 Å². The molecule has 1 aromatic rings. The molecule has 6 N–H and O–H groups in total. The Bertz CT molecular complexity index is 437. The Kier molecular flexibility index (Phi) is 4.21. The highest BCUT2D eigenvalue weighted by Crippen LogP contribution is 2.11. The number of aromatic nitrogens is 1. The van der Waals surface area contributed by atoms with Crippen LogP contribution < -0.4 is 22.1 Å². The van der Waals surface area contributed by atoms with Gasteiger partial charge < -0.3 is 22.1 Å². The molecule has 0 bridgehead atoms. The highest BCUT2D eigenvalue weighted by atomic mass is 19.1. The van der Waals surface area contributed by atoms with Crippen LogP contribution in [-0.4, -0.2) is 30.0 Å². The number of hydrogen-bond donors (Lipinski definition) is 4. The lowest BCUT2D eigenvalue weighted by Gasteiger charge is -2.06. The van der Waals surface area contributed by atoms with E-state index in [4.69, 9.17) is 11.5 Å². The molecule has 0 atom stereocenters. The zero-order valence-electron chi connectivity index (χ0n) is 8.87. The summed E-state index contributed by atoms with van der Waals surface area (Å²) < 4.78 is 13.4. The van der Waals surface area contributed by atoms with E-state index >= 15 is 0 Å². The fourth-order valence-electron chi connectivity index (χ4n) is 1.09. The zero-order chi connectivity index (χ0) is 12.8. The van der Waals surface area contributed by atoms with Crippen LogP contribution in [0.4, 0.5) is 15.0 Å². The zero-order valence-corrected chi connectivity index (χ0v) is 8.87. The number of halogens is 1. The minimum Gasteiger partial charge on any atom is -0.381 e. The molecule has 0 radical (unpaired) electrons. The van der Waals surface area contributed by atoms with Gasteiger partial charge in [-0.25, -0.2) is 14.2 Å². The number of hydrogen-bond acceptors (Lipinski definition) is 4. The molecule has 8 heteroatoms. The van der Waals surface area contributed by atoms with E-state index in [1.54, 1.807) is 0 Å². The fourth-order valence-corrected chi connectivity index (χ4v) is 1.09. The molecule has 0 aliphatic rings.